The van der Waals surface area contributed by atoms with Gasteiger partial charge in [-0.2, -0.15) is 0 Å². The molecular weight excluding hydrogens is 726 g/mol. The Morgan fingerprint density at radius 3 is 2.33 bits per heavy atom. The number of rotatable bonds is 9. The summed E-state index contributed by atoms with van der Waals surface area (Å²) in [5.41, 5.74) is 4.08. The molecule has 11 heteroatoms. The fourth-order valence-corrected chi connectivity index (χ4v) is 11.5. The Balaban J connectivity index is 1.19. The van der Waals surface area contributed by atoms with Crippen LogP contribution in [-0.2, 0) is 44.2 Å². The molecular formula is C40H42BrN3O6Si. The molecule has 0 aliphatic carbocycles. The number of nitrogens with zero attached hydrogens (tertiary/aromatic N) is 3. The summed E-state index contributed by atoms with van der Waals surface area (Å²) in [7, 11) is -3.01. The molecule has 3 amide bonds. The molecule has 0 unspecified atom stereocenters. The van der Waals surface area contributed by atoms with Crippen molar-refractivity contribution in [2.24, 2.45) is 5.92 Å². The second kappa shape index (κ2) is 13.8. The van der Waals surface area contributed by atoms with Crippen molar-refractivity contribution in [2.45, 2.75) is 69.2 Å². The van der Waals surface area contributed by atoms with Crippen LogP contribution in [0, 0.1) is 5.92 Å². The fraction of sp³-hybridized carbons (Fsp3) is 0.325. The minimum Gasteiger partial charge on any atom is -0.432 e. The zero-order valence-electron chi connectivity index (χ0n) is 28.9. The minimum absolute atomic E-state index is 0.0147. The molecule has 5 atom stereocenters. The lowest BCUT2D eigenvalue weighted by atomic mass is 9.82. The topological polar surface area (TPSA) is 111 Å². The Labute approximate surface area is 307 Å². The van der Waals surface area contributed by atoms with E-state index in [1.54, 1.807) is 14.7 Å². The summed E-state index contributed by atoms with van der Waals surface area (Å²) in [4.78, 5) is 57.8. The van der Waals surface area contributed by atoms with Gasteiger partial charge >= 0.3 is 0 Å². The van der Waals surface area contributed by atoms with Crippen molar-refractivity contribution in [1.82, 2.24) is 4.90 Å². The molecule has 1 saturated heterocycles. The van der Waals surface area contributed by atoms with E-state index in [1.807, 2.05) is 117 Å². The van der Waals surface area contributed by atoms with Gasteiger partial charge in [0.25, 0.3) is 5.91 Å². The second-order valence-electron chi connectivity index (χ2n) is 14.4. The first-order valence-corrected chi connectivity index (χ1v) is 21.2. The number of fused-ring (bicyclic) bond motifs is 3. The van der Waals surface area contributed by atoms with Gasteiger partial charge in [0, 0.05) is 39.4 Å². The summed E-state index contributed by atoms with van der Waals surface area (Å²) in [6.45, 7) is 6.14. The van der Waals surface area contributed by atoms with Crippen LogP contribution in [0.1, 0.15) is 35.6 Å². The van der Waals surface area contributed by atoms with Crippen molar-refractivity contribution in [1.29, 1.82) is 0 Å². The molecule has 0 aromatic heterocycles. The zero-order chi connectivity index (χ0) is 36.1. The molecule has 0 radical (unpaired) electrons. The highest BCUT2D eigenvalue weighted by Crippen LogP contribution is 2.60. The Morgan fingerprint density at radius 1 is 1.00 bits per heavy atom. The average Bonchev–Trinajstić information content (AvgIpc) is 3.54. The molecule has 51 heavy (non-hydrogen) atoms. The molecule has 3 heterocycles. The zero-order valence-corrected chi connectivity index (χ0v) is 31.5. The quantitative estimate of drug-likeness (QED) is 0.150. The van der Waals surface area contributed by atoms with Crippen LogP contribution in [0.3, 0.4) is 0 Å². The monoisotopic (exact) mass is 767 g/mol. The van der Waals surface area contributed by atoms with E-state index in [1.165, 1.54) is 0 Å². The molecule has 0 bridgehead atoms. The predicted octanol–water partition coefficient (Wildman–Crippen LogP) is 6.42. The van der Waals surface area contributed by atoms with Gasteiger partial charge < -0.3 is 24.4 Å². The van der Waals surface area contributed by atoms with E-state index in [9.17, 15) is 24.3 Å². The van der Waals surface area contributed by atoms with E-state index in [4.69, 9.17) is 4.74 Å². The first-order chi connectivity index (χ1) is 24.5. The normalized spacial score (nSPS) is 24.1. The molecule has 4 aromatic carbocycles. The molecule has 264 valence electrons. The van der Waals surface area contributed by atoms with Crippen LogP contribution in [0.15, 0.2) is 102 Å². The summed E-state index contributed by atoms with van der Waals surface area (Å²) in [5, 5.41) is 10.3. The van der Waals surface area contributed by atoms with Gasteiger partial charge in [0.05, 0.1) is 37.4 Å². The van der Waals surface area contributed by atoms with E-state index in [0.29, 0.717) is 29.9 Å². The maximum Gasteiger partial charge on any atom is 0.264 e. The van der Waals surface area contributed by atoms with Crippen molar-refractivity contribution in [3.63, 3.8) is 0 Å². The molecule has 4 aromatic rings. The van der Waals surface area contributed by atoms with Crippen LogP contribution < -0.4 is 9.80 Å². The molecule has 2 N–H and O–H groups in total. The van der Waals surface area contributed by atoms with Gasteiger partial charge in [0.2, 0.25) is 12.3 Å². The Hall–Kier alpha value is -4.13. The lowest BCUT2D eigenvalue weighted by Gasteiger charge is -2.37. The number of carbonyl (C=O) groups excluding carboxylic acids is 3. The Morgan fingerprint density at radius 2 is 1.67 bits per heavy atom. The van der Waals surface area contributed by atoms with Crippen molar-refractivity contribution >= 4 is 59.5 Å². The Kier molecular flexibility index (Phi) is 9.53. The van der Waals surface area contributed by atoms with Crippen molar-refractivity contribution in [3.8, 4) is 0 Å². The standard InChI is InChI=1S/C40H42BrN3O6Si/c1-26-38(51(2,3)49)36(21-37(47)42-23-29-10-8-7-9-28(29)19-33(42)24-45)50-40(26)34-20-30(41)15-18-35(34)43(39(40)48)22-27-13-16-32(17-14-27)44(25-46)31-11-5-4-6-12-31/h4-18,20,25-26,33,36,38,45,49H,19,21-24H2,1-3H3/t26-,33-,36+,38-,40+/m0/s1. The number of amides is 3. The van der Waals surface area contributed by atoms with Gasteiger partial charge in [-0.25, -0.2) is 0 Å². The second-order valence-corrected chi connectivity index (χ2v) is 19.3. The number of halogens is 1. The van der Waals surface area contributed by atoms with Crippen LogP contribution in [0.4, 0.5) is 17.1 Å². The number of carbonyl (C=O) groups is 3. The maximum atomic E-state index is 14.9. The largest absolute Gasteiger partial charge is 0.432 e. The highest BCUT2D eigenvalue weighted by Gasteiger charge is 2.66. The van der Waals surface area contributed by atoms with Gasteiger partial charge in [-0.05, 0) is 78.7 Å². The van der Waals surface area contributed by atoms with Crippen LogP contribution in [-0.4, -0.2) is 60.1 Å². The van der Waals surface area contributed by atoms with Gasteiger partial charge in [-0.15, -0.1) is 0 Å². The summed E-state index contributed by atoms with van der Waals surface area (Å²) in [6, 6.07) is 30.2. The third-order valence-corrected chi connectivity index (χ3v) is 13.9. The highest BCUT2D eigenvalue weighted by atomic mass is 79.9. The van der Waals surface area contributed by atoms with E-state index >= 15 is 0 Å². The van der Waals surface area contributed by atoms with Crippen LogP contribution >= 0.6 is 15.9 Å². The van der Waals surface area contributed by atoms with Crippen molar-refractivity contribution in [2.75, 3.05) is 16.4 Å². The molecule has 9 nitrogen and oxygen atoms in total. The SMILES string of the molecule is C[C@H]1[C@H]([Si](C)(C)O)[C@@H](CC(=O)N2Cc3ccccc3C[C@H]2CO)O[C@]12C(=O)N(Cc1ccc(N(C=O)c3ccccc3)cc1)c1ccc(Br)cc12. The average molecular weight is 769 g/mol. The number of hydrogen-bond donors (Lipinski definition) is 2. The van der Waals surface area contributed by atoms with Gasteiger partial charge in [-0.1, -0.05) is 77.5 Å². The summed E-state index contributed by atoms with van der Waals surface area (Å²) in [5.74, 6) is -0.834. The van der Waals surface area contributed by atoms with E-state index in [2.05, 4.69) is 15.9 Å². The third-order valence-electron chi connectivity index (χ3n) is 10.9. The summed E-state index contributed by atoms with van der Waals surface area (Å²) < 4.78 is 7.74. The summed E-state index contributed by atoms with van der Waals surface area (Å²) >= 11 is 3.62. The van der Waals surface area contributed by atoms with E-state index in [0.717, 1.165) is 33.3 Å². The third kappa shape index (κ3) is 6.25. The first-order valence-electron chi connectivity index (χ1n) is 17.3. The lowest BCUT2D eigenvalue weighted by molar-refractivity contribution is -0.151. The number of anilines is 3. The minimum atomic E-state index is -3.01. The molecule has 1 fully saturated rings. The van der Waals surface area contributed by atoms with Gasteiger partial charge in [-0.3, -0.25) is 19.3 Å². The highest BCUT2D eigenvalue weighted by molar-refractivity contribution is 9.10. The van der Waals surface area contributed by atoms with E-state index in [-0.39, 0.29) is 37.4 Å². The van der Waals surface area contributed by atoms with Gasteiger partial charge in [0.15, 0.2) is 13.9 Å². The smallest absolute Gasteiger partial charge is 0.264 e. The Bertz CT molecular complexity index is 1950. The number of benzene rings is 4. The fourth-order valence-electron chi connectivity index (χ4n) is 8.54. The molecule has 1 spiro atoms. The molecule has 3 aliphatic heterocycles. The molecule has 7 rings (SSSR count). The molecule has 3 aliphatic rings. The molecule has 0 saturated carbocycles. The van der Waals surface area contributed by atoms with Crippen molar-refractivity contribution < 1.29 is 29.0 Å². The van der Waals surface area contributed by atoms with Crippen LogP contribution in [0.25, 0.3) is 0 Å². The lowest BCUT2D eigenvalue weighted by Crippen LogP contribution is -2.48. The number of aliphatic hydroxyl groups is 1. The number of hydrogen-bond acceptors (Lipinski definition) is 6. The van der Waals surface area contributed by atoms with Crippen LogP contribution in [0.2, 0.25) is 18.6 Å². The van der Waals surface area contributed by atoms with Gasteiger partial charge in [0.1, 0.15) is 0 Å². The number of aliphatic hydroxyl groups excluding tert-OH is 1. The number of para-hydroxylation sites is 1. The predicted molar refractivity (Wildman–Crippen MR) is 202 cm³/mol. The van der Waals surface area contributed by atoms with E-state index < -0.39 is 31.5 Å². The number of ether oxygens (including phenoxy) is 1. The maximum absolute atomic E-state index is 14.9. The summed E-state index contributed by atoms with van der Waals surface area (Å²) in [6.07, 6.45) is 0.614. The van der Waals surface area contributed by atoms with Crippen LogP contribution in [0.5, 0.6) is 0 Å². The first kappa shape index (κ1) is 35.3. The van der Waals surface area contributed by atoms with Crippen molar-refractivity contribution in [3.05, 3.63) is 124 Å².